The van der Waals surface area contributed by atoms with Crippen molar-refractivity contribution in [2.45, 2.75) is 26.9 Å². The Labute approximate surface area is 85.1 Å². The highest BCUT2D eigenvalue weighted by Gasteiger charge is 1.98. The van der Waals surface area contributed by atoms with Gasteiger partial charge < -0.3 is 10.8 Å². The van der Waals surface area contributed by atoms with Crippen molar-refractivity contribution in [1.29, 1.82) is 0 Å². The summed E-state index contributed by atoms with van der Waals surface area (Å²) in [6.45, 7) is 4.19. The molecule has 0 heterocycles. The molecule has 3 N–H and O–H groups in total. The Balaban J connectivity index is 2.89. The summed E-state index contributed by atoms with van der Waals surface area (Å²) < 4.78 is 0. The molecular weight excluding hydrogens is 174 g/mol. The lowest BCUT2D eigenvalue weighted by atomic mass is 10.1. The van der Waals surface area contributed by atoms with E-state index in [0.29, 0.717) is 0 Å². The van der Waals surface area contributed by atoms with Crippen molar-refractivity contribution in [3.63, 3.8) is 0 Å². The summed E-state index contributed by atoms with van der Waals surface area (Å²) in [6.07, 6.45) is 2.97. The lowest BCUT2D eigenvalue weighted by Gasteiger charge is -2.05. The normalized spacial score (nSPS) is 9.93. The fourth-order valence-electron chi connectivity index (χ4n) is 1.25. The first kappa shape index (κ1) is 10.8. The Bertz CT molecular complexity index is 338. The van der Waals surface area contributed by atoms with E-state index in [-0.39, 0.29) is 6.61 Å². The molecule has 0 amide bonds. The van der Waals surface area contributed by atoms with Crippen LogP contribution in [0.25, 0.3) is 0 Å². The lowest BCUT2D eigenvalue weighted by Crippen LogP contribution is -1.95. The zero-order chi connectivity index (χ0) is 10.6. The number of anilines is 1. The van der Waals surface area contributed by atoms with Gasteiger partial charge in [-0.05, 0) is 37.5 Å². The SMILES string of the molecule is CC(C)=CCc1cc(CO)ccc1N. The molecule has 0 atom stereocenters. The van der Waals surface area contributed by atoms with Crippen LogP contribution in [-0.4, -0.2) is 5.11 Å². The van der Waals surface area contributed by atoms with Crippen molar-refractivity contribution >= 4 is 5.69 Å². The minimum atomic E-state index is 0.0715. The average molecular weight is 191 g/mol. The van der Waals surface area contributed by atoms with E-state index < -0.39 is 0 Å². The first-order valence-corrected chi connectivity index (χ1v) is 4.75. The zero-order valence-corrected chi connectivity index (χ0v) is 8.75. The van der Waals surface area contributed by atoms with Crippen LogP contribution in [0, 0.1) is 0 Å². The molecule has 0 saturated carbocycles. The van der Waals surface area contributed by atoms with Crippen LogP contribution >= 0.6 is 0 Å². The number of hydrogen-bond acceptors (Lipinski definition) is 2. The fourth-order valence-corrected chi connectivity index (χ4v) is 1.25. The quantitative estimate of drug-likeness (QED) is 0.568. The van der Waals surface area contributed by atoms with Crippen LogP contribution in [0.2, 0.25) is 0 Å². The summed E-state index contributed by atoms with van der Waals surface area (Å²) in [5, 5.41) is 8.97. The van der Waals surface area contributed by atoms with E-state index in [1.165, 1.54) is 5.57 Å². The van der Waals surface area contributed by atoms with Crippen molar-refractivity contribution in [2.75, 3.05) is 5.73 Å². The molecule has 0 bridgehead atoms. The van der Waals surface area contributed by atoms with Crippen molar-refractivity contribution < 1.29 is 5.11 Å². The van der Waals surface area contributed by atoms with Gasteiger partial charge in [0, 0.05) is 5.69 Å². The van der Waals surface area contributed by atoms with Crippen LogP contribution in [0.3, 0.4) is 0 Å². The summed E-state index contributed by atoms with van der Waals surface area (Å²) in [5.74, 6) is 0. The third-order valence-corrected chi connectivity index (χ3v) is 2.12. The highest BCUT2D eigenvalue weighted by molar-refractivity contribution is 5.49. The van der Waals surface area contributed by atoms with Crippen LogP contribution < -0.4 is 5.73 Å². The number of nitrogens with two attached hydrogens (primary N) is 1. The van der Waals surface area contributed by atoms with Crippen molar-refractivity contribution in [3.05, 3.63) is 41.0 Å². The minimum absolute atomic E-state index is 0.0715. The second kappa shape index (κ2) is 4.82. The minimum Gasteiger partial charge on any atom is -0.398 e. The average Bonchev–Trinajstić information content (AvgIpc) is 2.16. The van der Waals surface area contributed by atoms with E-state index >= 15 is 0 Å². The number of hydrogen-bond donors (Lipinski definition) is 2. The summed E-state index contributed by atoms with van der Waals surface area (Å²) in [4.78, 5) is 0. The molecule has 2 nitrogen and oxygen atoms in total. The van der Waals surface area contributed by atoms with E-state index in [1.54, 1.807) is 0 Å². The number of allylic oxidation sites excluding steroid dienone is 2. The van der Waals surface area contributed by atoms with Gasteiger partial charge in [0.25, 0.3) is 0 Å². The van der Waals surface area contributed by atoms with Gasteiger partial charge in [0.2, 0.25) is 0 Å². The maximum absolute atomic E-state index is 8.97. The highest BCUT2D eigenvalue weighted by Crippen LogP contribution is 2.15. The van der Waals surface area contributed by atoms with Gasteiger partial charge in [-0.1, -0.05) is 23.8 Å². The number of benzene rings is 1. The van der Waals surface area contributed by atoms with Gasteiger partial charge in [-0.3, -0.25) is 0 Å². The molecule has 14 heavy (non-hydrogen) atoms. The largest absolute Gasteiger partial charge is 0.398 e. The topological polar surface area (TPSA) is 46.2 Å². The van der Waals surface area contributed by atoms with Crippen molar-refractivity contribution in [1.82, 2.24) is 0 Å². The Morgan fingerprint density at radius 3 is 2.71 bits per heavy atom. The molecule has 0 aliphatic heterocycles. The van der Waals surface area contributed by atoms with E-state index in [0.717, 1.165) is 23.2 Å². The van der Waals surface area contributed by atoms with Gasteiger partial charge in [-0.2, -0.15) is 0 Å². The molecule has 0 unspecified atom stereocenters. The summed E-state index contributed by atoms with van der Waals surface area (Å²) in [5.41, 5.74) is 9.88. The predicted molar refractivity (Wildman–Crippen MR) is 59.9 cm³/mol. The smallest absolute Gasteiger partial charge is 0.0681 e. The summed E-state index contributed by atoms with van der Waals surface area (Å²) >= 11 is 0. The Kier molecular flexibility index (Phi) is 3.72. The van der Waals surface area contributed by atoms with Crippen molar-refractivity contribution in [3.8, 4) is 0 Å². The molecule has 0 fully saturated rings. The molecule has 0 saturated heterocycles. The van der Waals surface area contributed by atoms with E-state index in [2.05, 4.69) is 19.9 Å². The summed E-state index contributed by atoms with van der Waals surface area (Å²) in [6, 6.07) is 5.65. The Morgan fingerprint density at radius 1 is 1.43 bits per heavy atom. The monoisotopic (exact) mass is 191 g/mol. The van der Waals surface area contributed by atoms with Crippen LogP contribution in [0.15, 0.2) is 29.8 Å². The third kappa shape index (κ3) is 2.89. The fraction of sp³-hybridized carbons (Fsp3) is 0.333. The van der Waals surface area contributed by atoms with Crippen LogP contribution in [0.1, 0.15) is 25.0 Å². The number of nitrogen functional groups attached to an aromatic ring is 1. The lowest BCUT2D eigenvalue weighted by molar-refractivity contribution is 0.282. The number of aliphatic hydroxyl groups is 1. The van der Waals surface area contributed by atoms with Gasteiger partial charge in [0.1, 0.15) is 0 Å². The molecule has 0 aliphatic carbocycles. The molecule has 0 spiro atoms. The first-order valence-electron chi connectivity index (χ1n) is 4.75. The van der Waals surface area contributed by atoms with Crippen LogP contribution in [0.5, 0.6) is 0 Å². The van der Waals surface area contributed by atoms with Gasteiger partial charge in [0.05, 0.1) is 6.61 Å². The van der Waals surface area contributed by atoms with Crippen molar-refractivity contribution in [2.24, 2.45) is 0 Å². The standard InChI is InChI=1S/C12H17NO/c1-9(2)3-5-11-7-10(8-14)4-6-12(11)13/h3-4,6-7,14H,5,8,13H2,1-2H3. The Morgan fingerprint density at radius 2 is 2.14 bits per heavy atom. The molecule has 76 valence electrons. The van der Waals surface area contributed by atoms with Gasteiger partial charge in [0.15, 0.2) is 0 Å². The van der Waals surface area contributed by atoms with E-state index in [4.69, 9.17) is 10.8 Å². The maximum atomic E-state index is 8.97. The van der Waals surface area contributed by atoms with Crippen LogP contribution in [0.4, 0.5) is 5.69 Å². The zero-order valence-electron chi connectivity index (χ0n) is 8.75. The maximum Gasteiger partial charge on any atom is 0.0681 e. The molecule has 1 aromatic carbocycles. The number of rotatable bonds is 3. The molecule has 1 aromatic rings. The van der Waals surface area contributed by atoms with Gasteiger partial charge >= 0.3 is 0 Å². The third-order valence-electron chi connectivity index (χ3n) is 2.12. The second-order valence-corrected chi connectivity index (χ2v) is 3.68. The molecule has 0 aliphatic rings. The number of aliphatic hydroxyl groups excluding tert-OH is 1. The highest BCUT2D eigenvalue weighted by atomic mass is 16.3. The predicted octanol–water partition coefficient (Wildman–Crippen LogP) is 2.27. The van der Waals surface area contributed by atoms with E-state index in [9.17, 15) is 0 Å². The molecule has 1 rings (SSSR count). The summed E-state index contributed by atoms with van der Waals surface area (Å²) in [7, 11) is 0. The van der Waals surface area contributed by atoms with Gasteiger partial charge in [-0.15, -0.1) is 0 Å². The van der Waals surface area contributed by atoms with E-state index in [1.807, 2.05) is 18.2 Å². The molecule has 2 heteroatoms. The first-order chi connectivity index (χ1) is 6.63. The molecular formula is C12H17NO. The van der Waals surface area contributed by atoms with Gasteiger partial charge in [-0.25, -0.2) is 0 Å². The Hall–Kier alpha value is -1.28. The molecule has 0 aromatic heterocycles. The van der Waals surface area contributed by atoms with Crippen LogP contribution in [-0.2, 0) is 13.0 Å². The second-order valence-electron chi connectivity index (χ2n) is 3.68. The molecule has 0 radical (unpaired) electrons.